The molecular formula is C13H16N2O2S. The molecule has 2 N–H and O–H groups in total. The van der Waals surface area contributed by atoms with Crippen molar-refractivity contribution < 1.29 is 9.59 Å². The summed E-state index contributed by atoms with van der Waals surface area (Å²) in [5.41, 5.74) is 0.481. The highest BCUT2D eigenvalue weighted by atomic mass is 32.2. The van der Waals surface area contributed by atoms with E-state index in [4.69, 9.17) is 0 Å². The van der Waals surface area contributed by atoms with E-state index in [0.717, 1.165) is 5.75 Å². The average Bonchev–Trinajstić information content (AvgIpc) is 2.66. The minimum atomic E-state index is -0.740. The van der Waals surface area contributed by atoms with E-state index in [1.54, 1.807) is 11.8 Å². The molecule has 0 aromatic heterocycles. The summed E-state index contributed by atoms with van der Waals surface area (Å²) < 4.78 is 0. The Morgan fingerprint density at radius 2 is 1.94 bits per heavy atom. The number of imide groups is 1. The molecule has 1 aliphatic rings. The van der Waals surface area contributed by atoms with Gasteiger partial charge < -0.3 is 5.32 Å². The number of carbonyl (C=O) groups is 2. The molecule has 2 rings (SSSR count). The lowest BCUT2D eigenvalue weighted by molar-refractivity contribution is -0.123. The molecule has 0 bridgehead atoms. The normalized spacial score (nSPS) is 22.7. The first kappa shape index (κ1) is 13.0. The predicted molar refractivity (Wildman–Crippen MR) is 72.3 cm³/mol. The second-order valence-electron chi connectivity index (χ2n) is 4.32. The largest absolute Gasteiger partial charge is 0.322 e. The first-order chi connectivity index (χ1) is 8.66. The number of benzene rings is 1. The molecule has 1 aromatic carbocycles. The van der Waals surface area contributed by atoms with Gasteiger partial charge >= 0.3 is 6.03 Å². The summed E-state index contributed by atoms with van der Waals surface area (Å²) in [6.07, 6.45) is 0.604. The maximum Gasteiger partial charge on any atom is 0.322 e. The highest BCUT2D eigenvalue weighted by Crippen LogP contribution is 2.23. The van der Waals surface area contributed by atoms with E-state index in [9.17, 15) is 9.59 Å². The summed E-state index contributed by atoms with van der Waals surface area (Å²) >= 11 is 1.66. The van der Waals surface area contributed by atoms with E-state index >= 15 is 0 Å². The maximum absolute atomic E-state index is 11.8. The Labute approximate surface area is 111 Å². The molecule has 4 nitrogen and oxygen atoms in total. The average molecular weight is 264 g/mol. The SMILES string of the molecule is CC[C@]1(CSCc2ccccc2)NC(=O)NC1=O. The van der Waals surface area contributed by atoms with Crippen molar-refractivity contribution >= 4 is 23.7 Å². The van der Waals surface area contributed by atoms with Crippen LogP contribution in [0, 0.1) is 0 Å². The number of carbonyl (C=O) groups excluding carboxylic acids is 2. The Balaban J connectivity index is 1.92. The molecule has 0 unspecified atom stereocenters. The van der Waals surface area contributed by atoms with Crippen molar-refractivity contribution in [2.24, 2.45) is 0 Å². The van der Waals surface area contributed by atoms with Crippen LogP contribution in [0.3, 0.4) is 0 Å². The highest BCUT2D eigenvalue weighted by Gasteiger charge is 2.44. The quantitative estimate of drug-likeness (QED) is 0.799. The summed E-state index contributed by atoms with van der Waals surface area (Å²) in [5.74, 6) is 1.22. The van der Waals surface area contributed by atoms with Gasteiger partial charge in [0.2, 0.25) is 0 Å². The van der Waals surface area contributed by atoms with Crippen LogP contribution >= 0.6 is 11.8 Å². The Hall–Kier alpha value is -1.49. The molecule has 1 fully saturated rings. The molecule has 1 aliphatic heterocycles. The molecule has 5 heteroatoms. The number of hydrogen-bond donors (Lipinski definition) is 2. The van der Waals surface area contributed by atoms with Crippen molar-refractivity contribution in [2.45, 2.75) is 24.6 Å². The van der Waals surface area contributed by atoms with Crippen LogP contribution < -0.4 is 10.6 Å². The van der Waals surface area contributed by atoms with E-state index < -0.39 is 5.54 Å². The van der Waals surface area contributed by atoms with Gasteiger partial charge in [-0.3, -0.25) is 10.1 Å². The molecule has 0 spiro atoms. The zero-order chi connectivity index (χ0) is 13.0. The van der Waals surface area contributed by atoms with Gasteiger partial charge in [-0.1, -0.05) is 37.3 Å². The lowest BCUT2D eigenvalue weighted by atomic mass is 10.00. The monoisotopic (exact) mass is 264 g/mol. The molecule has 1 atom stereocenters. The van der Waals surface area contributed by atoms with Gasteiger partial charge in [0.25, 0.3) is 5.91 Å². The summed E-state index contributed by atoms with van der Waals surface area (Å²) in [6, 6.07) is 9.69. The predicted octanol–water partition coefficient (Wildman–Crippen LogP) is 1.91. The molecule has 0 aliphatic carbocycles. The Bertz CT molecular complexity index is 450. The smallest absolute Gasteiger partial charge is 0.322 e. The van der Waals surface area contributed by atoms with Gasteiger partial charge in [0.1, 0.15) is 5.54 Å². The highest BCUT2D eigenvalue weighted by molar-refractivity contribution is 7.98. The van der Waals surface area contributed by atoms with Crippen LogP contribution in [0.2, 0.25) is 0 Å². The standard InChI is InChI=1S/C13H16N2O2S/c1-2-13(11(16)14-12(17)15-13)9-18-8-10-6-4-3-5-7-10/h3-7H,2,8-9H2,1H3,(H2,14,15,16,17)/t13-/m1/s1. The lowest BCUT2D eigenvalue weighted by Gasteiger charge is -2.23. The summed E-state index contributed by atoms with van der Waals surface area (Å²) in [6.45, 7) is 1.91. The molecule has 0 saturated carbocycles. The van der Waals surface area contributed by atoms with E-state index in [2.05, 4.69) is 22.8 Å². The van der Waals surface area contributed by atoms with Gasteiger partial charge in [-0.05, 0) is 12.0 Å². The Morgan fingerprint density at radius 1 is 1.22 bits per heavy atom. The third-order valence-corrected chi connectivity index (χ3v) is 4.31. The third kappa shape index (κ3) is 2.67. The van der Waals surface area contributed by atoms with Gasteiger partial charge in [-0.2, -0.15) is 11.8 Å². The lowest BCUT2D eigenvalue weighted by Crippen LogP contribution is -2.48. The zero-order valence-corrected chi connectivity index (χ0v) is 11.0. The van der Waals surface area contributed by atoms with Gasteiger partial charge in [0.15, 0.2) is 0 Å². The fraction of sp³-hybridized carbons (Fsp3) is 0.385. The van der Waals surface area contributed by atoms with Crippen molar-refractivity contribution in [3.63, 3.8) is 0 Å². The maximum atomic E-state index is 11.8. The van der Waals surface area contributed by atoms with Crippen LogP contribution in [-0.2, 0) is 10.5 Å². The van der Waals surface area contributed by atoms with Crippen molar-refractivity contribution in [1.82, 2.24) is 10.6 Å². The zero-order valence-electron chi connectivity index (χ0n) is 10.2. The number of urea groups is 1. The van der Waals surface area contributed by atoms with E-state index in [-0.39, 0.29) is 11.9 Å². The number of thioether (sulfide) groups is 1. The molecular weight excluding hydrogens is 248 g/mol. The van der Waals surface area contributed by atoms with Gasteiger partial charge in [-0.25, -0.2) is 4.79 Å². The first-order valence-corrected chi connectivity index (χ1v) is 7.07. The van der Waals surface area contributed by atoms with Crippen LogP contribution in [0.4, 0.5) is 4.79 Å². The fourth-order valence-electron chi connectivity index (χ4n) is 1.90. The minimum absolute atomic E-state index is 0.212. The fourth-order valence-corrected chi connectivity index (χ4v) is 3.18. The molecule has 96 valence electrons. The molecule has 0 radical (unpaired) electrons. The van der Waals surface area contributed by atoms with Crippen LogP contribution in [0.5, 0.6) is 0 Å². The van der Waals surface area contributed by atoms with Gasteiger partial charge in [-0.15, -0.1) is 0 Å². The topological polar surface area (TPSA) is 58.2 Å². The van der Waals surface area contributed by atoms with Crippen molar-refractivity contribution in [3.8, 4) is 0 Å². The van der Waals surface area contributed by atoms with Gasteiger partial charge in [0, 0.05) is 11.5 Å². The number of hydrogen-bond acceptors (Lipinski definition) is 3. The Morgan fingerprint density at radius 3 is 2.50 bits per heavy atom. The third-order valence-electron chi connectivity index (χ3n) is 3.08. The Kier molecular flexibility index (Phi) is 3.91. The van der Waals surface area contributed by atoms with Crippen LogP contribution in [0.15, 0.2) is 30.3 Å². The second kappa shape index (κ2) is 5.44. The van der Waals surface area contributed by atoms with Crippen LogP contribution in [0.1, 0.15) is 18.9 Å². The molecule has 1 saturated heterocycles. The summed E-state index contributed by atoms with van der Waals surface area (Å²) in [7, 11) is 0. The van der Waals surface area contributed by atoms with Crippen LogP contribution in [0.25, 0.3) is 0 Å². The van der Waals surface area contributed by atoms with Crippen molar-refractivity contribution in [2.75, 3.05) is 5.75 Å². The molecule has 1 aromatic rings. The van der Waals surface area contributed by atoms with E-state index in [0.29, 0.717) is 12.2 Å². The number of amides is 3. The molecule has 3 amide bonds. The van der Waals surface area contributed by atoms with Gasteiger partial charge in [0.05, 0.1) is 0 Å². The second-order valence-corrected chi connectivity index (χ2v) is 5.31. The van der Waals surface area contributed by atoms with E-state index in [1.807, 2.05) is 25.1 Å². The molecule has 18 heavy (non-hydrogen) atoms. The van der Waals surface area contributed by atoms with Crippen molar-refractivity contribution in [1.29, 1.82) is 0 Å². The van der Waals surface area contributed by atoms with E-state index in [1.165, 1.54) is 5.56 Å². The summed E-state index contributed by atoms with van der Waals surface area (Å²) in [4.78, 5) is 23.0. The molecule has 1 heterocycles. The summed E-state index contributed by atoms with van der Waals surface area (Å²) in [5, 5.41) is 5.04. The number of rotatable bonds is 5. The minimum Gasteiger partial charge on any atom is -0.322 e. The van der Waals surface area contributed by atoms with Crippen LogP contribution in [-0.4, -0.2) is 23.2 Å². The first-order valence-electron chi connectivity index (χ1n) is 5.91. The van der Waals surface area contributed by atoms with Crippen molar-refractivity contribution in [3.05, 3.63) is 35.9 Å². The number of nitrogens with one attached hydrogen (secondary N) is 2.